The van der Waals surface area contributed by atoms with Crippen molar-refractivity contribution in [2.75, 3.05) is 20.3 Å². The van der Waals surface area contributed by atoms with Gasteiger partial charge in [-0.1, -0.05) is 0 Å². The van der Waals surface area contributed by atoms with Crippen molar-refractivity contribution >= 4 is 17.9 Å². The van der Waals surface area contributed by atoms with Crippen molar-refractivity contribution in [3.05, 3.63) is 0 Å². The topological polar surface area (TPSA) is 211 Å². The van der Waals surface area contributed by atoms with Crippen LogP contribution in [0.2, 0.25) is 0 Å². The summed E-state index contributed by atoms with van der Waals surface area (Å²) in [5.74, 6) is -5.35. The Morgan fingerprint density at radius 1 is 1.10 bits per heavy atom. The van der Waals surface area contributed by atoms with E-state index in [1.54, 1.807) is 0 Å². The lowest BCUT2D eigenvalue weighted by Crippen LogP contribution is -2.51. The summed E-state index contributed by atoms with van der Waals surface area (Å²) in [7, 11) is 1.33. The second-order valence-electron chi connectivity index (χ2n) is 4.05. The summed E-state index contributed by atoms with van der Waals surface area (Å²) in [5, 5.41) is 52.3. The smallest absolute Gasteiger partial charge is 0.306 e. The Morgan fingerprint density at radius 3 is 1.52 bits per heavy atom. The number of rotatable bonds is 8. The molecule has 0 amide bonds. The maximum absolute atomic E-state index is 10.2. The van der Waals surface area contributed by atoms with Gasteiger partial charge in [-0.15, -0.1) is 0 Å². The lowest BCUT2D eigenvalue weighted by molar-refractivity contribution is -0.325. The van der Waals surface area contributed by atoms with Gasteiger partial charge in [0, 0.05) is 7.11 Å². The molecule has 0 rings (SSSR count). The van der Waals surface area contributed by atoms with Crippen LogP contribution in [0.25, 0.3) is 0 Å². The van der Waals surface area contributed by atoms with Gasteiger partial charge in [-0.3, -0.25) is 15.3 Å². The maximum atomic E-state index is 10.2. The largest absolute Gasteiger partial charge is 0.547 e. The van der Waals surface area contributed by atoms with Gasteiger partial charge in [0.2, 0.25) is 0 Å². The van der Waals surface area contributed by atoms with Crippen molar-refractivity contribution in [1.29, 1.82) is 0 Å². The Morgan fingerprint density at radius 2 is 1.43 bits per heavy atom. The number of carboxylic acid groups (broad SMARTS) is 3. The third-order valence-corrected chi connectivity index (χ3v) is 2.21. The highest BCUT2D eigenvalue weighted by molar-refractivity contribution is 5.86. The summed E-state index contributed by atoms with van der Waals surface area (Å²) < 4.78 is 4.51. The fourth-order valence-corrected chi connectivity index (χ4v) is 0.886. The highest BCUT2D eigenvalue weighted by atomic mass is 16.5. The molecule has 0 bridgehead atoms. The molecular weight excluding hydrogens is 294 g/mol. The van der Waals surface area contributed by atoms with Crippen LogP contribution in [-0.4, -0.2) is 75.1 Å². The minimum absolute atomic E-state index is 0.375. The molecule has 0 aliphatic carbocycles. The summed E-state index contributed by atoms with van der Waals surface area (Å²) >= 11 is 0. The molecule has 0 spiro atoms. The van der Waals surface area contributed by atoms with Crippen LogP contribution in [0.15, 0.2) is 0 Å². The van der Waals surface area contributed by atoms with E-state index in [0.29, 0.717) is 0 Å². The zero-order chi connectivity index (χ0) is 17.3. The van der Waals surface area contributed by atoms with E-state index in [1.807, 2.05) is 0 Å². The highest BCUT2D eigenvalue weighted by Gasteiger charge is 2.34. The lowest BCUT2D eigenvalue weighted by atomic mass is 9.96. The molecule has 21 heavy (non-hydrogen) atoms. The molecule has 0 aliphatic rings. The molecule has 0 radical (unpaired) electrons. The number of carbonyl (C=O) groups excluding carboxylic acids is 1. The Labute approximate surface area is 119 Å². The first-order valence-corrected chi connectivity index (χ1v) is 5.39. The van der Waals surface area contributed by atoms with Gasteiger partial charge < -0.3 is 40.2 Å². The van der Waals surface area contributed by atoms with E-state index >= 15 is 0 Å². The van der Waals surface area contributed by atoms with Crippen molar-refractivity contribution in [2.24, 2.45) is 5.73 Å². The minimum atomic E-state index is -2.85. The molecule has 7 N–H and O–H groups in total. The molecule has 0 aliphatic heterocycles. The Hall–Kier alpha value is -1.79. The molecule has 0 aromatic heterocycles. The molecule has 0 heterocycles. The van der Waals surface area contributed by atoms with Crippen LogP contribution in [0.4, 0.5) is 0 Å². The lowest BCUT2D eigenvalue weighted by Gasteiger charge is -2.25. The Balaban J connectivity index is 0. The number of carbonyl (C=O) groups is 3. The van der Waals surface area contributed by atoms with Crippen molar-refractivity contribution < 1.29 is 49.8 Å². The van der Waals surface area contributed by atoms with E-state index in [2.05, 4.69) is 4.74 Å². The predicted octanol–water partition coefficient (Wildman–Crippen LogP) is -4.31. The van der Waals surface area contributed by atoms with Crippen LogP contribution < -0.4 is 10.8 Å². The summed E-state index contributed by atoms with van der Waals surface area (Å²) in [6.07, 6.45) is -2.41. The Bertz CT molecular complexity index is 341. The normalized spacial score (nSPS) is 11.3. The van der Waals surface area contributed by atoms with E-state index in [-0.39, 0.29) is 13.2 Å². The first kappa shape index (κ1) is 21.5. The minimum Gasteiger partial charge on any atom is -0.547 e. The number of hydrogen-bond donors (Lipinski definition) is 6. The van der Waals surface area contributed by atoms with Gasteiger partial charge in [-0.2, -0.15) is 0 Å². The third-order valence-electron chi connectivity index (χ3n) is 2.21. The van der Waals surface area contributed by atoms with Crippen LogP contribution in [0.5, 0.6) is 0 Å². The average molecular weight is 312 g/mol. The summed E-state index contributed by atoms with van der Waals surface area (Å²) in [5.41, 5.74) is 1.06. The predicted molar refractivity (Wildman–Crippen MR) is 62.6 cm³/mol. The zero-order valence-electron chi connectivity index (χ0n) is 11.2. The van der Waals surface area contributed by atoms with E-state index in [4.69, 9.17) is 31.3 Å². The molecule has 0 saturated carbocycles. The average Bonchev–Trinajstić information content (AvgIpc) is 2.36. The van der Waals surface area contributed by atoms with Crippen molar-refractivity contribution in [3.8, 4) is 0 Å². The van der Waals surface area contributed by atoms with E-state index in [0.717, 1.165) is 0 Å². The summed E-state index contributed by atoms with van der Waals surface area (Å²) in [4.78, 5) is 30.3. The zero-order valence-corrected chi connectivity index (χ0v) is 11.2. The molecule has 0 aromatic carbocycles. The molecule has 0 aromatic rings. The van der Waals surface area contributed by atoms with E-state index < -0.39 is 42.1 Å². The van der Waals surface area contributed by atoms with Crippen LogP contribution in [-0.2, 0) is 19.1 Å². The van der Waals surface area contributed by atoms with Gasteiger partial charge in [0.1, 0.15) is 5.60 Å². The molecule has 0 saturated heterocycles. The van der Waals surface area contributed by atoms with Crippen molar-refractivity contribution in [3.63, 3.8) is 0 Å². The highest BCUT2D eigenvalue weighted by Crippen LogP contribution is 2.14. The SMILES string of the molecule is COC(N)(CO)CO.O=C(O)CC(O)(CC(=O)O)C(=O)[O-]. The number of aliphatic hydroxyl groups excluding tert-OH is 2. The quantitative estimate of drug-likeness (QED) is 0.236. The molecule has 11 nitrogen and oxygen atoms in total. The first-order chi connectivity index (χ1) is 9.46. The molecule has 0 atom stereocenters. The third kappa shape index (κ3) is 8.88. The molecule has 0 unspecified atom stereocenters. The summed E-state index contributed by atoms with van der Waals surface area (Å²) in [6.45, 7) is -0.750. The van der Waals surface area contributed by atoms with E-state index in [9.17, 15) is 19.5 Å². The number of aliphatic hydroxyl groups is 3. The van der Waals surface area contributed by atoms with Crippen molar-refractivity contribution in [2.45, 2.75) is 24.2 Å². The van der Waals surface area contributed by atoms with Gasteiger partial charge in [-0.05, 0) is 0 Å². The number of hydrogen-bond acceptors (Lipinski definition) is 9. The van der Waals surface area contributed by atoms with Crippen LogP contribution >= 0.6 is 0 Å². The number of aliphatic carboxylic acids is 3. The molecule has 124 valence electrons. The number of carboxylic acids is 3. The number of nitrogens with two attached hydrogens (primary N) is 1. The fraction of sp³-hybridized carbons (Fsp3) is 0.700. The molecule has 0 fully saturated rings. The monoisotopic (exact) mass is 312 g/mol. The van der Waals surface area contributed by atoms with E-state index in [1.165, 1.54) is 7.11 Å². The van der Waals surface area contributed by atoms with Gasteiger partial charge in [-0.25, -0.2) is 0 Å². The second-order valence-corrected chi connectivity index (χ2v) is 4.05. The molecule has 11 heteroatoms. The van der Waals surface area contributed by atoms with Crippen LogP contribution in [0.1, 0.15) is 12.8 Å². The van der Waals surface area contributed by atoms with Gasteiger partial charge in [0.15, 0.2) is 5.72 Å². The van der Waals surface area contributed by atoms with Crippen LogP contribution in [0, 0.1) is 0 Å². The van der Waals surface area contributed by atoms with Crippen molar-refractivity contribution in [1.82, 2.24) is 0 Å². The standard InChI is InChI=1S/C6H8O7.C4H11NO3/c7-3(8)1-6(13,5(11)12)2-4(9)10;1-8-4(5,2-6)3-7/h13H,1-2H2,(H,7,8)(H,9,10)(H,11,12);6-7H,2-3,5H2,1H3/p-1. The van der Waals surface area contributed by atoms with Gasteiger partial charge in [0.25, 0.3) is 0 Å². The number of ether oxygens (including phenoxy) is 1. The van der Waals surface area contributed by atoms with Gasteiger partial charge >= 0.3 is 11.9 Å². The van der Waals surface area contributed by atoms with Crippen LogP contribution in [0.3, 0.4) is 0 Å². The second kappa shape index (κ2) is 9.20. The Kier molecular flexibility index (Phi) is 9.42. The first-order valence-electron chi connectivity index (χ1n) is 5.39. The maximum Gasteiger partial charge on any atom is 0.306 e. The number of methoxy groups -OCH3 is 1. The fourth-order valence-electron chi connectivity index (χ4n) is 0.886. The van der Waals surface area contributed by atoms with Gasteiger partial charge in [0.05, 0.1) is 32.0 Å². The summed E-state index contributed by atoms with van der Waals surface area (Å²) in [6, 6.07) is 0. The molecular formula is C10H18NO10-.